The molecule has 2 heterocycles. The lowest BCUT2D eigenvalue weighted by Crippen LogP contribution is -2.52. The summed E-state index contributed by atoms with van der Waals surface area (Å²) in [6, 6.07) is 2.14. The number of anilines is 1. The van der Waals surface area contributed by atoms with Gasteiger partial charge in [0, 0.05) is 44.6 Å². The van der Waals surface area contributed by atoms with Crippen LogP contribution in [0, 0.1) is 6.92 Å². The van der Waals surface area contributed by atoms with Crippen molar-refractivity contribution in [1.29, 1.82) is 0 Å². The number of nitrogens with zero attached hydrogens (tertiary/aromatic N) is 3. The zero-order valence-electron chi connectivity index (χ0n) is 12.1. The summed E-state index contributed by atoms with van der Waals surface area (Å²) in [7, 11) is 3.92. The minimum Gasteiger partial charge on any atom is -0.387 e. The molecular weight excluding hydrogens is 240 g/mol. The molecule has 1 aromatic rings. The van der Waals surface area contributed by atoms with Gasteiger partial charge in [0.1, 0.15) is 0 Å². The van der Waals surface area contributed by atoms with E-state index in [1.54, 1.807) is 6.20 Å². The summed E-state index contributed by atoms with van der Waals surface area (Å²) in [6.45, 7) is 6.62. The second-order valence-electron chi connectivity index (χ2n) is 5.23. The van der Waals surface area contributed by atoms with Gasteiger partial charge in [-0.25, -0.2) is 0 Å². The van der Waals surface area contributed by atoms with Gasteiger partial charge >= 0.3 is 0 Å². The summed E-state index contributed by atoms with van der Waals surface area (Å²) >= 11 is 0. The number of aromatic nitrogens is 1. The molecule has 5 heteroatoms. The normalized spacial score (nSPS) is 20.4. The van der Waals surface area contributed by atoms with Crippen LogP contribution in [-0.2, 0) is 0 Å². The van der Waals surface area contributed by atoms with Crippen molar-refractivity contribution in [3.8, 4) is 0 Å². The van der Waals surface area contributed by atoms with E-state index in [1.807, 2.05) is 24.9 Å². The van der Waals surface area contributed by atoms with E-state index in [-0.39, 0.29) is 11.9 Å². The van der Waals surface area contributed by atoms with Crippen LogP contribution in [-0.4, -0.2) is 60.5 Å². The standard InChI is InChI=1S/C14H22N4O/c1-10-7-13(15-3)12(8-16-10)14(19)18-6-5-17(4)9-11(18)2/h7-8,11H,5-6,9H2,1-4H3,(H,15,16). The Hall–Kier alpha value is -1.62. The Kier molecular flexibility index (Phi) is 4.04. The number of rotatable bonds is 2. The number of hydrogen-bond acceptors (Lipinski definition) is 4. The minimum absolute atomic E-state index is 0.0671. The second-order valence-corrected chi connectivity index (χ2v) is 5.23. The van der Waals surface area contributed by atoms with Crippen molar-refractivity contribution in [2.75, 3.05) is 39.0 Å². The molecule has 1 atom stereocenters. The third-order valence-electron chi connectivity index (χ3n) is 3.63. The van der Waals surface area contributed by atoms with Crippen LogP contribution in [0.5, 0.6) is 0 Å². The quantitative estimate of drug-likeness (QED) is 0.870. The predicted molar refractivity (Wildman–Crippen MR) is 76.5 cm³/mol. The summed E-state index contributed by atoms with van der Waals surface area (Å²) < 4.78 is 0. The van der Waals surface area contributed by atoms with E-state index in [1.165, 1.54) is 0 Å². The van der Waals surface area contributed by atoms with Gasteiger partial charge in [0.05, 0.1) is 11.3 Å². The van der Waals surface area contributed by atoms with Crippen molar-refractivity contribution in [3.05, 3.63) is 23.5 Å². The maximum absolute atomic E-state index is 12.6. The molecule has 0 radical (unpaired) electrons. The largest absolute Gasteiger partial charge is 0.387 e. The van der Waals surface area contributed by atoms with Gasteiger partial charge < -0.3 is 15.1 Å². The van der Waals surface area contributed by atoms with Crippen molar-refractivity contribution in [1.82, 2.24) is 14.8 Å². The van der Waals surface area contributed by atoms with E-state index in [0.29, 0.717) is 5.56 Å². The van der Waals surface area contributed by atoms with E-state index in [4.69, 9.17) is 0 Å². The van der Waals surface area contributed by atoms with E-state index in [0.717, 1.165) is 31.0 Å². The van der Waals surface area contributed by atoms with Gasteiger partial charge in [0.25, 0.3) is 5.91 Å². The molecule has 0 spiro atoms. The molecule has 1 aromatic heterocycles. The predicted octanol–water partition coefficient (Wildman–Crippen LogP) is 1.21. The van der Waals surface area contributed by atoms with Crippen LogP contribution in [0.3, 0.4) is 0 Å². The zero-order valence-corrected chi connectivity index (χ0v) is 12.1. The fourth-order valence-electron chi connectivity index (χ4n) is 2.53. The summed E-state index contributed by atoms with van der Waals surface area (Å²) in [5.74, 6) is 0.0671. The number of amides is 1. The zero-order chi connectivity index (χ0) is 14.0. The summed E-state index contributed by atoms with van der Waals surface area (Å²) in [6.07, 6.45) is 1.68. The highest BCUT2D eigenvalue weighted by Crippen LogP contribution is 2.20. The van der Waals surface area contributed by atoms with Crippen LogP contribution in [0.25, 0.3) is 0 Å². The first-order valence-corrected chi connectivity index (χ1v) is 6.67. The maximum Gasteiger partial charge on any atom is 0.257 e. The molecule has 104 valence electrons. The van der Waals surface area contributed by atoms with Gasteiger partial charge in [0.2, 0.25) is 0 Å². The molecular formula is C14H22N4O. The number of carbonyl (C=O) groups is 1. The van der Waals surface area contributed by atoms with Gasteiger partial charge in [-0.3, -0.25) is 9.78 Å². The number of hydrogen-bond donors (Lipinski definition) is 1. The van der Waals surface area contributed by atoms with Crippen molar-refractivity contribution in [2.45, 2.75) is 19.9 Å². The molecule has 1 N–H and O–H groups in total. The third kappa shape index (κ3) is 2.87. The minimum atomic E-state index is 0.0671. The second kappa shape index (κ2) is 5.57. The highest BCUT2D eigenvalue weighted by Gasteiger charge is 2.27. The molecule has 1 fully saturated rings. The van der Waals surface area contributed by atoms with Crippen LogP contribution < -0.4 is 5.32 Å². The van der Waals surface area contributed by atoms with Crippen molar-refractivity contribution >= 4 is 11.6 Å². The number of carbonyl (C=O) groups excluding carboxylic acids is 1. The Morgan fingerprint density at radius 2 is 2.21 bits per heavy atom. The topological polar surface area (TPSA) is 48.5 Å². The third-order valence-corrected chi connectivity index (χ3v) is 3.63. The first-order valence-electron chi connectivity index (χ1n) is 6.67. The van der Waals surface area contributed by atoms with Crippen LogP contribution in [0.4, 0.5) is 5.69 Å². The average Bonchev–Trinajstić information content (AvgIpc) is 2.37. The molecule has 19 heavy (non-hydrogen) atoms. The van der Waals surface area contributed by atoms with Crippen molar-refractivity contribution in [2.24, 2.45) is 0 Å². The fourth-order valence-corrected chi connectivity index (χ4v) is 2.53. The fraction of sp³-hybridized carbons (Fsp3) is 0.571. The average molecular weight is 262 g/mol. The summed E-state index contributed by atoms with van der Waals surface area (Å²) in [5.41, 5.74) is 2.42. The van der Waals surface area contributed by atoms with E-state index in [9.17, 15) is 4.79 Å². The number of nitrogens with one attached hydrogen (secondary N) is 1. The molecule has 0 saturated carbocycles. The van der Waals surface area contributed by atoms with Gasteiger partial charge in [-0.05, 0) is 27.0 Å². The Morgan fingerprint density at radius 1 is 1.47 bits per heavy atom. The Morgan fingerprint density at radius 3 is 2.84 bits per heavy atom. The molecule has 0 aliphatic carbocycles. The first kappa shape index (κ1) is 13.8. The Balaban J connectivity index is 2.24. The number of piperazine rings is 1. The van der Waals surface area contributed by atoms with Gasteiger partial charge in [-0.15, -0.1) is 0 Å². The van der Waals surface area contributed by atoms with Crippen LogP contribution in [0.1, 0.15) is 23.0 Å². The van der Waals surface area contributed by atoms with Crippen LogP contribution in [0.2, 0.25) is 0 Å². The molecule has 5 nitrogen and oxygen atoms in total. The lowest BCUT2D eigenvalue weighted by Gasteiger charge is -2.38. The molecule has 1 saturated heterocycles. The van der Waals surface area contributed by atoms with Gasteiger partial charge in [-0.1, -0.05) is 0 Å². The summed E-state index contributed by atoms with van der Waals surface area (Å²) in [5, 5.41) is 3.08. The highest BCUT2D eigenvalue weighted by molar-refractivity contribution is 5.99. The smallest absolute Gasteiger partial charge is 0.257 e. The molecule has 1 aliphatic heterocycles. The number of aryl methyl sites for hydroxylation is 1. The Labute approximate surface area is 114 Å². The molecule has 2 rings (SSSR count). The van der Waals surface area contributed by atoms with Crippen molar-refractivity contribution in [3.63, 3.8) is 0 Å². The SMILES string of the molecule is CNc1cc(C)ncc1C(=O)N1CCN(C)CC1C. The Bertz CT molecular complexity index is 475. The molecule has 1 aliphatic rings. The number of likely N-dealkylation sites (N-methyl/N-ethyl adjacent to an activating group) is 1. The van der Waals surface area contributed by atoms with Crippen LogP contribution in [0.15, 0.2) is 12.3 Å². The molecule has 0 bridgehead atoms. The lowest BCUT2D eigenvalue weighted by molar-refractivity contribution is 0.0534. The molecule has 1 unspecified atom stereocenters. The first-order chi connectivity index (χ1) is 9.02. The monoisotopic (exact) mass is 262 g/mol. The van der Waals surface area contributed by atoms with Crippen molar-refractivity contribution < 1.29 is 4.79 Å². The maximum atomic E-state index is 12.6. The summed E-state index contributed by atoms with van der Waals surface area (Å²) in [4.78, 5) is 21.1. The molecule has 1 amide bonds. The van der Waals surface area contributed by atoms with E-state index in [2.05, 4.69) is 29.2 Å². The van der Waals surface area contributed by atoms with E-state index < -0.39 is 0 Å². The van der Waals surface area contributed by atoms with Gasteiger partial charge in [0.15, 0.2) is 0 Å². The lowest BCUT2D eigenvalue weighted by atomic mass is 10.1. The van der Waals surface area contributed by atoms with Gasteiger partial charge in [-0.2, -0.15) is 0 Å². The highest BCUT2D eigenvalue weighted by atomic mass is 16.2. The van der Waals surface area contributed by atoms with E-state index >= 15 is 0 Å². The molecule has 0 aromatic carbocycles. The number of pyridine rings is 1. The van der Waals surface area contributed by atoms with Crippen LogP contribution >= 0.6 is 0 Å².